The topological polar surface area (TPSA) is 90.4 Å². The van der Waals surface area contributed by atoms with Crippen LogP contribution in [0.3, 0.4) is 0 Å². The molecule has 0 saturated heterocycles. The lowest BCUT2D eigenvalue weighted by Crippen LogP contribution is -2.16. The van der Waals surface area contributed by atoms with E-state index >= 15 is 0 Å². The predicted octanol–water partition coefficient (Wildman–Crippen LogP) is 4.39. The number of ketones is 1. The van der Waals surface area contributed by atoms with E-state index in [1.54, 1.807) is 45.9 Å². The first-order chi connectivity index (χ1) is 15.1. The molecule has 32 heavy (non-hydrogen) atoms. The lowest BCUT2D eigenvalue weighted by molar-refractivity contribution is 0.0468. The molecule has 1 aromatic carbocycles. The van der Waals surface area contributed by atoms with E-state index in [1.807, 2.05) is 11.5 Å². The maximum Gasteiger partial charge on any atom is 0.355 e. The highest BCUT2D eigenvalue weighted by molar-refractivity contribution is 6.02. The summed E-state index contributed by atoms with van der Waals surface area (Å²) >= 11 is 0. The van der Waals surface area contributed by atoms with Gasteiger partial charge in [-0.25, -0.2) is 14.0 Å². The van der Waals surface area contributed by atoms with Crippen LogP contribution in [0, 0.1) is 33.5 Å². The number of Topliss-reactive ketones (excluding diaryl/α,β-unsaturated/α-hetero) is 1. The van der Waals surface area contributed by atoms with Gasteiger partial charge in [0, 0.05) is 28.3 Å². The van der Waals surface area contributed by atoms with Crippen LogP contribution in [0.2, 0.25) is 0 Å². The van der Waals surface area contributed by atoms with E-state index in [2.05, 4.69) is 4.98 Å². The second-order valence-electron chi connectivity index (χ2n) is 7.44. The van der Waals surface area contributed by atoms with Crippen molar-refractivity contribution in [3.8, 4) is 5.69 Å². The summed E-state index contributed by atoms with van der Waals surface area (Å²) in [6.07, 6.45) is 0. The average Bonchev–Trinajstić information content (AvgIpc) is 3.21. The SMILES string of the molecule is CCOC(=O)c1c(C)[nH]c(C(=O)OCC(=O)c2cc(C)n(-c3ccc(F)cc3)c2C)c1C. The van der Waals surface area contributed by atoms with E-state index in [1.165, 1.54) is 12.1 Å². The van der Waals surface area contributed by atoms with Crippen molar-refractivity contribution in [2.75, 3.05) is 13.2 Å². The molecular formula is C24H25FN2O5. The summed E-state index contributed by atoms with van der Waals surface area (Å²) < 4.78 is 25.3. The van der Waals surface area contributed by atoms with Crippen LogP contribution in [0.25, 0.3) is 5.69 Å². The highest BCUT2D eigenvalue weighted by Gasteiger charge is 2.25. The third-order valence-electron chi connectivity index (χ3n) is 5.27. The summed E-state index contributed by atoms with van der Waals surface area (Å²) in [5.41, 5.74) is 3.87. The Morgan fingerprint density at radius 1 is 1.00 bits per heavy atom. The van der Waals surface area contributed by atoms with Crippen LogP contribution >= 0.6 is 0 Å². The maximum absolute atomic E-state index is 13.3. The van der Waals surface area contributed by atoms with Crippen LogP contribution < -0.4 is 0 Å². The van der Waals surface area contributed by atoms with E-state index < -0.39 is 18.5 Å². The Balaban J connectivity index is 1.76. The molecule has 2 heterocycles. The van der Waals surface area contributed by atoms with Gasteiger partial charge in [0.2, 0.25) is 5.78 Å². The fourth-order valence-corrected chi connectivity index (χ4v) is 3.78. The van der Waals surface area contributed by atoms with Crippen LogP contribution in [0.15, 0.2) is 30.3 Å². The number of carbonyl (C=O) groups excluding carboxylic acids is 3. The molecule has 0 spiro atoms. The molecule has 0 amide bonds. The largest absolute Gasteiger partial charge is 0.462 e. The Hall–Kier alpha value is -3.68. The van der Waals surface area contributed by atoms with E-state index in [4.69, 9.17) is 9.47 Å². The zero-order valence-corrected chi connectivity index (χ0v) is 18.7. The number of hydrogen-bond donors (Lipinski definition) is 1. The highest BCUT2D eigenvalue weighted by Crippen LogP contribution is 2.23. The normalized spacial score (nSPS) is 10.8. The summed E-state index contributed by atoms with van der Waals surface area (Å²) in [7, 11) is 0. The van der Waals surface area contributed by atoms with Gasteiger partial charge >= 0.3 is 11.9 Å². The summed E-state index contributed by atoms with van der Waals surface area (Å²) in [6.45, 7) is 8.34. The molecule has 0 aliphatic carbocycles. The van der Waals surface area contributed by atoms with Crippen LogP contribution in [0.5, 0.6) is 0 Å². The molecule has 0 unspecified atom stereocenters. The number of carbonyl (C=O) groups is 3. The van der Waals surface area contributed by atoms with Crippen molar-refractivity contribution in [2.24, 2.45) is 0 Å². The zero-order valence-electron chi connectivity index (χ0n) is 18.7. The molecule has 3 aromatic rings. The number of esters is 2. The fraction of sp³-hybridized carbons (Fsp3) is 0.292. The Bertz CT molecular complexity index is 1190. The van der Waals surface area contributed by atoms with Gasteiger partial charge in [0.15, 0.2) is 6.61 Å². The number of rotatable bonds is 7. The second kappa shape index (κ2) is 9.21. The number of benzene rings is 1. The number of ether oxygens (including phenoxy) is 2. The van der Waals surface area contributed by atoms with Gasteiger partial charge in [-0.2, -0.15) is 0 Å². The van der Waals surface area contributed by atoms with Crippen molar-refractivity contribution in [1.29, 1.82) is 0 Å². The smallest absolute Gasteiger partial charge is 0.355 e. The molecule has 168 valence electrons. The van der Waals surface area contributed by atoms with Gasteiger partial charge in [-0.15, -0.1) is 0 Å². The average molecular weight is 440 g/mol. The number of aromatic amines is 1. The molecule has 0 radical (unpaired) electrons. The molecule has 0 fully saturated rings. The van der Waals surface area contributed by atoms with Crippen molar-refractivity contribution in [3.63, 3.8) is 0 Å². The minimum absolute atomic E-state index is 0.107. The predicted molar refractivity (Wildman–Crippen MR) is 116 cm³/mol. The van der Waals surface area contributed by atoms with Gasteiger partial charge < -0.3 is 19.0 Å². The molecule has 1 N–H and O–H groups in total. The number of hydrogen-bond acceptors (Lipinski definition) is 5. The van der Waals surface area contributed by atoms with Crippen molar-refractivity contribution in [3.05, 3.63) is 75.6 Å². The van der Waals surface area contributed by atoms with Gasteiger partial charge in [0.25, 0.3) is 0 Å². The molecule has 0 bridgehead atoms. The van der Waals surface area contributed by atoms with Crippen LogP contribution in [0.4, 0.5) is 4.39 Å². The summed E-state index contributed by atoms with van der Waals surface area (Å²) in [5.74, 6) is -1.98. The van der Waals surface area contributed by atoms with Crippen LogP contribution in [0.1, 0.15) is 60.8 Å². The van der Waals surface area contributed by atoms with Gasteiger partial charge in [-0.3, -0.25) is 4.79 Å². The Morgan fingerprint density at radius 2 is 1.66 bits per heavy atom. The third-order valence-corrected chi connectivity index (χ3v) is 5.27. The van der Waals surface area contributed by atoms with Gasteiger partial charge in [0.1, 0.15) is 11.5 Å². The maximum atomic E-state index is 13.3. The molecule has 0 atom stereocenters. The van der Waals surface area contributed by atoms with Gasteiger partial charge in [0.05, 0.1) is 12.2 Å². The third kappa shape index (κ3) is 4.34. The zero-order chi connectivity index (χ0) is 23.6. The van der Waals surface area contributed by atoms with Gasteiger partial charge in [-0.1, -0.05) is 0 Å². The number of nitrogens with one attached hydrogen (secondary N) is 1. The molecule has 3 rings (SSSR count). The van der Waals surface area contributed by atoms with Crippen molar-refractivity contribution >= 4 is 17.7 Å². The number of halogens is 1. The quantitative estimate of drug-likeness (QED) is 0.435. The van der Waals surface area contributed by atoms with Crippen LogP contribution in [-0.4, -0.2) is 40.5 Å². The number of nitrogens with zero attached hydrogens (tertiary/aromatic N) is 1. The number of aryl methyl sites for hydroxylation is 2. The first-order valence-electron chi connectivity index (χ1n) is 10.2. The highest BCUT2D eigenvalue weighted by atomic mass is 19.1. The Kier molecular flexibility index (Phi) is 6.62. The first-order valence-corrected chi connectivity index (χ1v) is 10.2. The number of H-pyrrole nitrogens is 1. The van der Waals surface area contributed by atoms with Crippen molar-refractivity contribution < 1.29 is 28.2 Å². The van der Waals surface area contributed by atoms with E-state index in [0.29, 0.717) is 22.5 Å². The summed E-state index contributed by atoms with van der Waals surface area (Å²) in [5, 5.41) is 0. The minimum Gasteiger partial charge on any atom is -0.462 e. The molecule has 0 aliphatic rings. The second-order valence-corrected chi connectivity index (χ2v) is 7.44. The molecule has 0 aliphatic heterocycles. The van der Waals surface area contributed by atoms with Gasteiger partial charge in [-0.05, 0) is 70.5 Å². The Morgan fingerprint density at radius 3 is 2.28 bits per heavy atom. The van der Waals surface area contributed by atoms with Crippen molar-refractivity contribution in [2.45, 2.75) is 34.6 Å². The number of aromatic nitrogens is 2. The van der Waals surface area contributed by atoms with E-state index in [-0.39, 0.29) is 29.5 Å². The summed E-state index contributed by atoms with van der Waals surface area (Å²) in [4.78, 5) is 40.3. The standard InChI is InChI=1S/C24H25FN2O5/c1-6-31-23(29)21-14(3)22(26-15(21)4)24(30)32-12-20(28)19-11-13(2)27(16(19)5)18-9-7-17(25)8-10-18/h7-11,26H,6,12H2,1-5H3. The Labute approximate surface area is 185 Å². The van der Waals surface area contributed by atoms with E-state index in [9.17, 15) is 18.8 Å². The first kappa shape index (κ1) is 23.0. The monoisotopic (exact) mass is 440 g/mol. The lowest BCUT2D eigenvalue weighted by atomic mass is 10.1. The van der Waals surface area contributed by atoms with Crippen LogP contribution in [-0.2, 0) is 9.47 Å². The van der Waals surface area contributed by atoms with Crippen molar-refractivity contribution in [1.82, 2.24) is 9.55 Å². The minimum atomic E-state index is -0.734. The molecule has 2 aromatic heterocycles. The molecule has 8 heteroatoms. The lowest BCUT2D eigenvalue weighted by Gasteiger charge is -2.10. The molecular weight excluding hydrogens is 415 g/mol. The summed E-state index contributed by atoms with van der Waals surface area (Å²) in [6, 6.07) is 7.66. The molecule has 7 nitrogen and oxygen atoms in total. The molecule has 0 saturated carbocycles. The van der Waals surface area contributed by atoms with E-state index in [0.717, 1.165) is 11.4 Å². The fourth-order valence-electron chi connectivity index (χ4n) is 3.78.